The Morgan fingerprint density at radius 3 is 2.86 bits per heavy atom. The Labute approximate surface area is 166 Å². The van der Waals surface area contributed by atoms with Crippen LogP contribution in [0.5, 0.6) is 5.88 Å². The Morgan fingerprint density at radius 1 is 1.14 bits per heavy atom. The van der Waals surface area contributed by atoms with Crippen molar-refractivity contribution >= 4 is 23.0 Å². The molecule has 142 valence electrons. The van der Waals surface area contributed by atoms with Crippen LogP contribution in [0.2, 0.25) is 5.15 Å². The van der Waals surface area contributed by atoms with Crippen LogP contribution in [0.4, 0.5) is 0 Å². The fourth-order valence-corrected chi connectivity index (χ4v) is 3.03. The summed E-state index contributed by atoms with van der Waals surface area (Å²) in [6, 6.07) is 9.27. The van der Waals surface area contributed by atoms with Gasteiger partial charge in [-0.05, 0) is 29.7 Å². The third-order valence-electron chi connectivity index (χ3n) is 4.22. The van der Waals surface area contributed by atoms with Gasteiger partial charge >= 0.3 is 0 Å². The third kappa shape index (κ3) is 4.37. The highest BCUT2D eigenvalue weighted by Gasteiger charge is 2.15. The molecule has 0 aliphatic carbocycles. The molecule has 28 heavy (non-hydrogen) atoms. The van der Waals surface area contributed by atoms with Crippen molar-refractivity contribution in [1.82, 2.24) is 15.1 Å². The summed E-state index contributed by atoms with van der Waals surface area (Å²) in [6.07, 6.45) is 6.88. The van der Waals surface area contributed by atoms with E-state index in [1.54, 1.807) is 18.5 Å². The lowest BCUT2D eigenvalue weighted by molar-refractivity contribution is 0.293. The van der Waals surface area contributed by atoms with Gasteiger partial charge in [0.25, 0.3) is 0 Å². The average molecular weight is 396 g/mol. The van der Waals surface area contributed by atoms with Crippen molar-refractivity contribution < 1.29 is 9.26 Å². The zero-order valence-corrected chi connectivity index (χ0v) is 15.8. The summed E-state index contributed by atoms with van der Waals surface area (Å²) >= 11 is 5.87. The predicted octanol–water partition coefficient (Wildman–Crippen LogP) is 3.43. The van der Waals surface area contributed by atoms with E-state index in [0.717, 1.165) is 28.8 Å². The molecular formula is C20H18ClN5O2. The Balaban J connectivity index is 1.37. The molecule has 0 saturated carbocycles. The Bertz CT molecular complexity index is 1030. The second kappa shape index (κ2) is 8.22. The quantitative estimate of drug-likeness (QED) is 0.642. The standard InChI is InChI=1S/C20H18ClN5O2/c21-18-9-14(5-7-23-18)12-27-19-4-3-13(11-25-19)8-15-10-17(28-26-15)16-2-1-6-24-20(16)22/h2-5,7,9-11H,1,6,8,12H2,(H2,22,24). The summed E-state index contributed by atoms with van der Waals surface area (Å²) in [4.78, 5) is 12.5. The van der Waals surface area contributed by atoms with Gasteiger partial charge in [-0.25, -0.2) is 9.97 Å². The van der Waals surface area contributed by atoms with Gasteiger partial charge in [0.1, 0.15) is 17.6 Å². The molecular weight excluding hydrogens is 378 g/mol. The maximum absolute atomic E-state index is 5.93. The van der Waals surface area contributed by atoms with Crippen molar-refractivity contribution in [3.8, 4) is 5.88 Å². The van der Waals surface area contributed by atoms with Gasteiger partial charge in [-0.3, -0.25) is 4.99 Å². The van der Waals surface area contributed by atoms with Crippen LogP contribution in [0, 0.1) is 0 Å². The van der Waals surface area contributed by atoms with Crippen molar-refractivity contribution in [3.05, 3.63) is 76.5 Å². The predicted molar refractivity (Wildman–Crippen MR) is 106 cm³/mol. The molecule has 0 radical (unpaired) electrons. The van der Waals surface area contributed by atoms with Gasteiger partial charge in [-0.15, -0.1) is 0 Å². The van der Waals surface area contributed by atoms with E-state index in [4.69, 9.17) is 26.6 Å². The van der Waals surface area contributed by atoms with Crippen molar-refractivity contribution in [3.63, 3.8) is 0 Å². The Morgan fingerprint density at radius 2 is 2.07 bits per heavy atom. The molecule has 1 aliphatic heterocycles. The summed E-state index contributed by atoms with van der Waals surface area (Å²) in [5.41, 5.74) is 9.47. The van der Waals surface area contributed by atoms with Gasteiger partial charge in [0.2, 0.25) is 5.88 Å². The molecule has 0 aromatic carbocycles. The van der Waals surface area contributed by atoms with Crippen LogP contribution in [0.15, 0.2) is 58.3 Å². The fraction of sp³-hybridized carbons (Fsp3) is 0.200. The minimum atomic E-state index is 0.374. The molecule has 0 atom stereocenters. The second-order valence-corrected chi connectivity index (χ2v) is 6.70. The van der Waals surface area contributed by atoms with E-state index in [9.17, 15) is 0 Å². The first-order chi connectivity index (χ1) is 13.7. The molecule has 8 heteroatoms. The monoisotopic (exact) mass is 395 g/mol. The van der Waals surface area contributed by atoms with Gasteiger partial charge in [0.15, 0.2) is 5.76 Å². The lowest BCUT2D eigenvalue weighted by Gasteiger charge is -2.07. The van der Waals surface area contributed by atoms with Crippen molar-refractivity contribution in [1.29, 1.82) is 0 Å². The first-order valence-corrected chi connectivity index (χ1v) is 9.20. The molecule has 7 nitrogen and oxygen atoms in total. The van der Waals surface area contributed by atoms with Crippen LogP contribution in [-0.2, 0) is 13.0 Å². The summed E-state index contributed by atoms with van der Waals surface area (Å²) in [5, 5.41) is 4.56. The minimum absolute atomic E-state index is 0.374. The number of dihydropyridines is 1. The largest absolute Gasteiger partial charge is 0.473 e. The number of nitrogens with zero attached hydrogens (tertiary/aromatic N) is 4. The Kier molecular flexibility index (Phi) is 5.34. The number of pyridine rings is 2. The normalized spacial score (nSPS) is 13.8. The number of nitrogens with two attached hydrogens (primary N) is 1. The number of ether oxygens (including phenoxy) is 1. The molecule has 0 spiro atoms. The van der Waals surface area contributed by atoms with Crippen LogP contribution in [-0.4, -0.2) is 27.5 Å². The minimum Gasteiger partial charge on any atom is -0.473 e. The van der Waals surface area contributed by atoms with Crippen molar-refractivity contribution in [2.24, 2.45) is 10.7 Å². The molecule has 4 rings (SSSR count). The average Bonchev–Trinajstić information content (AvgIpc) is 3.16. The van der Waals surface area contributed by atoms with Crippen LogP contribution in [0.3, 0.4) is 0 Å². The third-order valence-corrected chi connectivity index (χ3v) is 4.43. The summed E-state index contributed by atoms with van der Waals surface area (Å²) in [7, 11) is 0. The molecule has 0 saturated heterocycles. The molecule has 3 aromatic heterocycles. The maximum Gasteiger partial charge on any atom is 0.213 e. The summed E-state index contributed by atoms with van der Waals surface area (Å²) < 4.78 is 11.1. The maximum atomic E-state index is 5.93. The lowest BCUT2D eigenvalue weighted by Crippen LogP contribution is -2.17. The van der Waals surface area contributed by atoms with Gasteiger partial charge in [-0.2, -0.15) is 0 Å². The molecule has 4 heterocycles. The number of hydrogen-bond acceptors (Lipinski definition) is 7. The van der Waals surface area contributed by atoms with E-state index in [1.165, 1.54) is 0 Å². The van der Waals surface area contributed by atoms with Crippen molar-refractivity contribution in [2.45, 2.75) is 19.4 Å². The highest BCUT2D eigenvalue weighted by atomic mass is 35.5. The zero-order valence-electron chi connectivity index (χ0n) is 15.0. The van der Waals surface area contributed by atoms with Crippen LogP contribution in [0.25, 0.3) is 5.57 Å². The number of amidine groups is 1. The smallest absolute Gasteiger partial charge is 0.213 e. The van der Waals surface area contributed by atoms with E-state index < -0.39 is 0 Å². The van der Waals surface area contributed by atoms with Crippen LogP contribution >= 0.6 is 11.6 Å². The zero-order chi connectivity index (χ0) is 19.3. The van der Waals surface area contributed by atoms with E-state index in [0.29, 0.717) is 42.2 Å². The lowest BCUT2D eigenvalue weighted by atomic mass is 10.1. The Hall–Kier alpha value is -3.19. The number of hydrogen-bond donors (Lipinski definition) is 1. The number of rotatable bonds is 6. The van der Waals surface area contributed by atoms with Gasteiger partial charge in [-0.1, -0.05) is 28.9 Å². The molecule has 0 unspecified atom stereocenters. The molecule has 3 aromatic rings. The molecule has 0 fully saturated rings. The molecule has 0 bridgehead atoms. The highest BCUT2D eigenvalue weighted by molar-refractivity contribution is 6.29. The van der Waals surface area contributed by atoms with E-state index in [2.05, 4.69) is 20.1 Å². The first kappa shape index (κ1) is 18.2. The number of halogens is 1. The van der Waals surface area contributed by atoms with E-state index in [1.807, 2.05) is 30.3 Å². The van der Waals surface area contributed by atoms with Crippen LogP contribution in [0.1, 0.15) is 29.0 Å². The SMILES string of the molecule is NC1=NCCC=C1c1cc(Cc2ccc(OCc3ccnc(Cl)c3)nc2)no1. The van der Waals surface area contributed by atoms with Gasteiger partial charge in [0, 0.05) is 37.5 Å². The van der Waals surface area contributed by atoms with E-state index in [-0.39, 0.29) is 0 Å². The highest BCUT2D eigenvalue weighted by Crippen LogP contribution is 2.21. The number of aliphatic imine (C=N–C) groups is 1. The topological polar surface area (TPSA) is 99.4 Å². The second-order valence-electron chi connectivity index (χ2n) is 6.31. The van der Waals surface area contributed by atoms with E-state index >= 15 is 0 Å². The van der Waals surface area contributed by atoms with Gasteiger partial charge < -0.3 is 15.0 Å². The molecule has 2 N–H and O–H groups in total. The molecule has 0 amide bonds. The summed E-state index contributed by atoms with van der Waals surface area (Å²) in [6.45, 7) is 1.09. The number of aromatic nitrogens is 3. The fourth-order valence-electron chi connectivity index (χ4n) is 2.83. The van der Waals surface area contributed by atoms with Crippen LogP contribution < -0.4 is 10.5 Å². The van der Waals surface area contributed by atoms with Crippen molar-refractivity contribution in [2.75, 3.05) is 6.54 Å². The summed E-state index contributed by atoms with van der Waals surface area (Å²) in [5.74, 6) is 1.67. The van der Waals surface area contributed by atoms with Gasteiger partial charge in [0.05, 0.1) is 11.3 Å². The first-order valence-electron chi connectivity index (χ1n) is 8.82. The molecule has 1 aliphatic rings.